The van der Waals surface area contributed by atoms with E-state index in [1.54, 1.807) is 30.5 Å². The quantitative estimate of drug-likeness (QED) is 0.298. The fraction of sp³-hybridized carbons (Fsp3) is 0.345. The van der Waals surface area contributed by atoms with Crippen LogP contribution in [0.3, 0.4) is 0 Å². The maximum Gasteiger partial charge on any atom is 0.256 e. The van der Waals surface area contributed by atoms with Gasteiger partial charge >= 0.3 is 0 Å². The number of aromatic nitrogens is 3. The summed E-state index contributed by atoms with van der Waals surface area (Å²) >= 11 is 0. The summed E-state index contributed by atoms with van der Waals surface area (Å²) in [5, 5.41) is 9.31. The molecule has 2 aromatic carbocycles. The first-order valence-electron chi connectivity index (χ1n) is 12.9. The summed E-state index contributed by atoms with van der Waals surface area (Å²) in [6, 6.07) is 14.5. The molecule has 9 heteroatoms. The number of piperidine rings is 1. The van der Waals surface area contributed by atoms with Crippen molar-refractivity contribution in [2.75, 3.05) is 25.0 Å². The predicted octanol–water partition coefficient (Wildman–Crippen LogP) is 5.91. The van der Waals surface area contributed by atoms with Crippen LogP contribution in [0.4, 0.5) is 14.6 Å². The summed E-state index contributed by atoms with van der Waals surface area (Å²) < 4.78 is 31.8. The number of aryl methyl sites for hydroxylation is 1. The van der Waals surface area contributed by atoms with Gasteiger partial charge in [0.2, 0.25) is 6.43 Å². The van der Waals surface area contributed by atoms with Crippen molar-refractivity contribution < 1.29 is 18.3 Å². The Morgan fingerprint density at radius 2 is 1.82 bits per heavy atom. The number of ether oxygens (including phenoxy) is 1. The van der Waals surface area contributed by atoms with Crippen molar-refractivity contribution in [3.05, 3.63) is 72.2 Å². The molecule has 1 amide bonds. The predicted molar refractivity (Wildman–Crippen MR) is 144 cm³/mol. The van der Waals surface area contributed by atoms with Crippen molar-refractivity contribution >= 4 is 22.5 Å². The van der Waals surface area contributed by atoms with E-state index in [0.717, 1.165) is 41.5 Å². The largest absolute Gasteiger partial charge is 0.493 e. The maximum absolute atomic E-state index is 12.8. The molecule has 198 valence electrons. The van der Waals surface area contributed by atoms with Crippen LogP contribution in [0, 0.1) is 0 Å². The smallest absolute Gasteiger partial charge is 0.256 e. The van der Waals surface area contributed by atoms with E-state index in [0.29, 0.717) is 17.1 Å². The number of hydrogen-bond donors (Lipinski definition) is 1. The van der Waals surface area contributed by atoms with Crippen LogP contribution < -0.4 is 10.1 Å². The van der Waals surface area contributed by atoms with Crippen molar-refractivity contribution in [3.63, 3.8) is 0 Å². The van der Waals surface area contributed by atoms with Gasteiger partial charge in [-0.3, -0.25) is 14.4 Å². The molecule has 1 N–H and O–H groups in total. The number of amides is 1. The number of alkyl halides is 2. The van der Waals surface area contributed by atoms with Crippen LogP contribution in [0.2, 0.25) is 0 Å². The molecule has 5 rings (SSSR count). The Hall–Kier alpha value is -3.85. The molecule has 0 radical (unpaired) electrons. The van der Waals surface area contributed by atoms with Gasteiger partial charge in [0, 0.05) is 42.7 Å². The van der Waals surface area contributed by atoms with Gasteiger partial charge in [-0.05, 0) is 73.3 Å². The Labute approximate surface area is 220 Å². The van der Waals surface area contributed by atoms with Crippen molar-refractivity contribution in [1.82, 2.24) is 19.7 Å². The molecule has 3 heterocycles. The molecule has 0 saturated carbocycles. The number of carbonyl (C=O) groups excluding carboxylic acids is 1. The molecule has 0 unspecified atom stereocenters. The highest BCUT2D eigenvalue weighted by Crippen LogP contribution is 2.29. The number of benzene rings is 2. The number of halogens is 2. The Kier molecular flexibility index (Phi) is 7.93. The molecular weight excluding hydrogens is 488 g/mol. The summed E-state index contributed by atoms with van der Waals surface area (Å²) in [6.45, 7) is 3.03. The zero-order chi connectivity index (χ0) is 26.5. The van der Waals surface area contributed by atoms with Gasteiger partial charge in [-0.1, -0.05) is 18.6 Å². The number of anilines is 1. The Balaban J connectivity index is 1.30. The third-order valence-electron chi connectivity index (χ3n) is 6.88. The summed E-state index contributed by atoms with van der Waals surface area (Å²) in [4.78, 5) is 19.7. The zero-order valence-electron chi connectivity index (χ0n) is 21.4. The minimum atomic E-state index is -2.41. The lowest BCUT2D eigenvalue weighted by atomic mass is 10.0. The van der Waals surface area contributed by atoms with E-state index in [1.807, 2.05) is 30.1 Å². The highest BCUT2D eigenvalue weighted by atomic mass is 19.3. The molecule has 38 heavy (non-hydrogen) atoms. The van der Waals surface area contributed by atoms with Gasteiger partial charge in [0.05, 0.1) is 18.5 Å². The second kappa shape index (κ2) is 11.7. The first kappa shape index (κ1) is 25.8. The Morgan fingerprint density at radius 1 is 1.03 bits per heavy atom. The van der Waals surface area contributed by atoms with Crippen LogP contribution in [-0.4, -0.2) is 51.7 Å². The van der Waals surface area contributed by atoms with Crippen molar-refractivity contribution in [2.45, 2.75) is 38.7 Å². The first-order valence-corrected chi connectivity index (χ1v) is 12.9. The SMILES string of the molecule is Cn1ncc(-c2ccc3cnc(NC(=O)c4ccc(OCCC(F)F)cc4)cc3c2)c1CN1CCCCC1. The van der Waals surface area contributed by atoms with Crippen LogP contribution in [0.5, 0.6) is 5.75 Å². The van der Waals surface area contributed by atoms with Gasteiger partial charge < -0.3 is 10.1 Å². The third kappa shape index (κ3) is 6.16. The lowest BCUT2D eigenvalue weighted by Gasteiger charge is -2.26. The van der Waals surface area contributed by atoms with E-state index in [2.05, 4.69) is 32.4 Å². The monoisotopic (exact) mass is 519 g/mol. The van der Waals surface area contributed by atoms with Gasteiger partial charge in [-0.2, -0.15) is 5.10 Å². The average molecular weight is 520 g/mol. The molecule has 7 nitrogen and oxygen atoms in total. The molecule has 1 fully saturated rings. The average Bonchev–Trinajstić information content (AvgIpc) is 3.28. The van der Waals surface area contributed by atoms with Crippen LogP contribution in [-0.2, 0) is 13.6 Å². The molecule has 4 aromatic rings. The Morgan fingerprint density at radius 3 is 2.58 bits per heavy atom. The standard InChI is InChI=1S/C29H31F2N5O2/c1-35-26(19-36-12-3-2-4-13-36)25(18-33-35)21-5-6-22-17-32-28(16-23(22)15-21)34-29(37)20-7-9-24(10-8-20)38-14-11-27(30)31/h5-10,15-18,27H,2-4,11-14,19H2,1H3,(H,32,34,37). The second-order valence-corrected chi connectivity index (χ2v) is 9.60. The van der Waals surface area contributed by atoms with Gasteiger partial charge in [-0.15, -0.1) is 0 Å². The summed E-state index contributed by atoms with van der Waals surface area (Å²) in [5.74, 6) is 0.563. The molecule has 0 atom stereocenters. The van der Waals surface area contributed by atoms with Gasteiger partial charge in [0.25, 0.3) is 5.91 Å². The normalized spacial score (nSPS) is 14.2. The summed E-state index contributed by atoms with van der Waals surface area (Å²) in [7, 11) is 1.99. The maximum atomic E-state index is 12.8. The fourth-order valence-electron chi connectivity index (χ4n) is 4.75. The summed E-state index contributed by atoms with van der Waals surface area (Å²) in [6.07, 6.45) is 4.70. The van der Waals surface area contributed by atoms with E-state index in [-0.39, 0.29) is 18.9 Å². The molecule has 0 spiro atoms. The highest BCUT2D eigenvalue weighted by molar-refractivity contribution is 6.04. The van der Waals surface area contributed by atoms with Crippen molar-refractivity contribution in [3.8, 4) is 16.9 Å². The van der Waals surface area contributed by atoms with Crippen LogP contribution >= 0.6 is 0 Å². The molecule has 0 aliphatic carbocycles. The van der Waals surface area contributed by atoms with E-state index < -0.39 is 6.43 Å². The van der Waals surface area contributed by atoms with Crippen LogP contribution in [0.25, 0.3) is 21.9 Å². The molecule has 1 aliphatic rings. The minimum Gasteiger partial charge on any atom is -0.493 e. The Bertz CT molecular complexity index is 1400. The van der Waals surface area contributed by atoms with Crippen LogP contribution in [0.15, 0.2) is 60.9 Å². The van der Waals surface area contributed by atoms with E-state index >= 15 is 0 Å². The first-order chi connectivity index (χ1) is 18.5. The van der Waals surface area contributed by atoms with Crippen molar-refractivity contribution in [2.24, 2.45) is 7.05 Å². The van der Waals surface area contributed by atoms with Crippen LogP contribution in [0.1, 0.15) is 41.7 Å². The van der Waals surface area contributed by atoms with Gasteiger partial charge in [0.15, 0.2) is 0 Å². The minimum absolute atomic E-state index is 0.0784. The number of pyridine rings is 1. The third-order valence-corrected chi connectivity index (χ3v) is 6.88. The number of likely N-dealkylation sites (tertiary alicyclic amines) is 1. The van der Waals surface area contributed by atoms with E-state index in [9.17, 15) is 13.6 Å². The lowest BCUT2D eigenvalue weighted by molar-refractivity contribution is 0.102. The lowest BCUT2D eigenvalue weighted by Crippen LogP contribution is -2.30. The number of nitrogens with one attached hydrogen (secondary N) is 1. The number of nitrogens with zero attached hydrogens (tertiary/aromatic N) is 4. The molecule has 1 aliphatic heterocycles. The van der Waals surface area contributed by atoms with Gasteiger partial charge in [-0.25, -0.2) is 13.8 Å². The van der Waals surface area contributed by atoms with Gasteiger partial charge in [0.1, 0.15) is 11.6 Å². The topological polar surface area (TPSA) is 72.3 Å². The number of fused-ring (bicyclic) bond motifs is 1. The fourth-order valence-corrected chi connectivity index (χ4v) is 4.75. The van der Waals surface area contributed by atoms with E-state index in [4.69, 9.17) is 4.74 Å². The number of hydrogen-bond acceptors (Lipinski definition) is 5. The molecule has 2 aromatic heterocycles. The number of carbonyl (C=O) groups is 1. The zero-order valence-corrected chi connectivity index (χ0v) is 21.4. The second-order valence-electron chi connectivity index (χ2n) is 9.60. The number of rotatable bonds is 9. The van der Waals surface area contributed by atoms with Crippen molar-refractivity contribution in [1.29, 1.82) is 0 Å². The molecule has 0 bridgehead atoms. The summed E-state index contributed by atoms with van der Waals surface area (Å²) in [5.41, 5.74) is 3.79. The van der Waals surface area contributed by atoms with E-state index in [1.165, 1.54) is 25.0 Å². The highest BCUT2D eigenvalue weighted by Gasteiger charge is 2.17. The molecular formula is C29H31F2N5O2. The molecule has 1 saturated heterocycles.